The van der Waals surface area contributed by atoms with Gasteiger partial charge in [0.2, 0.25) is 0 Å². The molecule has 0 unspecified atom stereocenters. The zero-order valence-electron chi connectivity index (χ0n) is 13.9. The molecule has 0 bridgehead atoms. The van der Waals surface area contributed by atoms with Crippen LogP contribution in [0.1, 0.15) is 17.2 Å². The van der Waals surface area contributed by atoms with Crippen molar-refractivity contribution in [3.05, 3.63) is 54.0 Å². The lowest BCUT2D eigenvalue weighted by Gasteiger charge is -1.99. The summed E-state index contributed by atoms with van der Waals surface area (Å²) < 4.78 is 37.9. The van der Waals surface area contributed by atoms with Gasteiger partial charge >= 0.3 is 5.97 Å². The number of rotatable bonds is 3. The number of azo groups is 1. The minimum Gasteiger partial charge on any atom is -0.507 e. The zero-order chi connectivity index (χ0) is 17.3. The average Bonchev–Trinajstić information content (AvgIpc) is 2.52. The number of hydrogen-bond acceptors (Lipinski definition) is 4. The van der Waals surface area contributed by atoms with Gasteiger partial charge in [0.25, 0.3) is 0 Å². The SMILES string of the molecule is [2H]c1c([2H])c([2H])c(N=Nc2ccc(O)c(C(=O)O)c2)c([2H])c1[2H]. The molecule has 0 aromatic heterocycles. The van der Waals surface area contributed by atoms with Crippen molar-refractivity contribution in [2.45, 2.75) is 0 Å². The summed E-state index contributed by atoms with van der Waals surface area (Å²) in [6, 6.07) is 0.774. The molecule has 90 valence electrons. The predicted octanol–water partition coefficient (Wildman–Crippen LogP) is 3.51. The van der Waals surface area contributed by atoms with Crippen LogP contribution >= 0.6 is 0 Å². The molecule has 2 N–H and O–H groups in total. The second-order valence-corrected chi connectivity index (χ2v) is 3.18. The van der Waals surface area contributed by atoms with E-state index in [1.807, 2.05) is 0 Å². The van der Waals surface area contributed by atoms with Crippen LogP contribution in [0.25, 0.3) is 0 Å². The summed E-state index contributed by atoms with van der Waals surface area (Å²) in [5, 5.41) is 25.6. The fourth-order valence-corrected chi connectivity index (χ4v) is 1.16. The first kappa shape index (κ1) is 6.90. The fraction of sp³-hybridized carbons (Fsp3) is 0. The summed E-state index contributed by atoms with van der Waals surface area (Å²) in [7, 11) is 0. The molecule has 0 heterocycles. The van der Waals surface area contributed by atoms with Gasteiger partial charge in [0.05, 0.1) is 18.2 Å². The number of nitrogens with zero attached hydrogens (tertiary/aromatic N) is 2. The van der Waals surface area contributed by atoms with Gasteiger partial charge in [-0.3, -0.25) is 0 Å². The fourth-order valence-electron chi connectivity index (χ4n) is 1.16. The van der Waals surface area contributed by atoms with E-state index in [0.29, 0.717) is 0 Å². The average molecular weight is 247 g/mol. The largest absolute Gasteiger partial charge is 0.507 e. The highest BCUT2D eigenvalue weighted by Crippen LogP contribution is 2.24. The summed E-state index contributed by atoms with van der Waals surface area (Å²) in [4.78, 5) is 10.9. The predicted molar refractivity (Wildman–Crippen MR) is 65.7 cm³/mol. The first-order valence-electron chi connectivity index (χ1n) is 7.29. The van der Waals surface area contributed by atoms with Crippen molar-refractivity contribution < 1.29 is 21.9 Å². The number of phenols is 1. The molecule has 0 aliphatic carbocycles. The molecule has 0 amide bonds. The van der Waals surface area contributed by atoms with Crippen LogP contribution in [0.15, 0.2) is 58.6 Å². The molecule has 0 radical (unpaired) electrons. The van der Waals surface area contributed by atoms with Crippen LogP contribution in [-0.2, 0) is 0 Å². The normalized spacial score (nSPS) is 14.6. The van der Waals surface area contributed by atoms with E-state index in [-0.39, 0.29) is 16.9 Å². The van der Waals surface area contributed by atoms with E-state index < -0.39 is 41.9 Å². The first-order valence-corrected chi connectivity index (χ1v) is 4.79. The van der Waals surface area contributed by atoms with Gasteiger partial charge in [-0.05, 0) is 30.3 Å². The molecule has 0 aliphatic rings. The number of aromatic carboxylic acids is 1. The standard InChI is InChI=1S/C13H10N2O3/c16-12-7-6-10(8-11(12)13(17)18)15-14-9-4-2-1-3-5-9/h1-8,16H,(H,17,18)/i1D,2D,3D,4D,5D. The van der Waals surface area contributed by atoms with Crippen molar-refractivity contribution in [2.24, 2.45) is 10.2 Å². The van der Waals surface area contributed by atoms with Crippen LogP contribution in [0.2, 0.25) is 0 Å². The topological polar surface area (TPSA) is 82.2 Å². The quantitative estimate of drug-likeness (QED) is 0.814. The van der Waals surface area contributed by atoms with Gasteiger partial charge < -0.3 is 10.2 Å². The van der Waals surface area contributed by atoms with Crippen LogP contribution < -0.4 is 0 Å². The van der Waals surface area contributed by atoms with E-state index in [9.17, 15) is 9.90 Å². The van der Waals surface area contributed by atoms with E-state index >= 15 is 0 Å². The highest BCUT2D eigenvalue weighted by atomic mass is 16.4. The number of benzene rings is 2. The molecular weight excluding hydrogens is 232 g/mol. The smallest absolute Gasteiger partial charge is 0.339 e. The molecular formula is C13H10N2O3. The maximum atomic E-state index is 10.9. The van der Waals surface area contributed by atoms with E-state index in [1.165, 1.54) is 6.07 Å². The first-order chi connectivity index (χ1) is 10.7. The lowest BCUT2D eigenvalue weighted by molar-refractivity contribution is 0.0694. The van der Waals surface area contributed by atoms with Gasteiger partial charge in [0.1, 0.15) is 11.3 Å². The maximum Gasteiger partial charge on any atom is 0.339 e. The Morgan fingerprint density at radius 3 is 2.44 bits per heavy atom. The summed E-state index contributed by atoms with van der Waals surface area (Å²) in [6.45, 7) is 0. The van der Waals surface area contributed by atoms with Gasteiger partial charge in [0.15, 0.2) is 0 Å². The number of carboxylic acid groups (broad SMARTS) is 1. The zero-order valence-corrected chi connectivity index (χ0v) is 8.93. The molecule has 0 aliphatic heterocycles. The Balaban J connectivity index is 2.50. The van der Waals surface area contributed by atoms with Gasteiger partial charge in [-0.2, -0.15) is 10.2 Å². The van der Waals surface area contributed by atoms with E-state index in [0.717, 1.165) is 12.1 Å². The third-order valence-electron chi connectivity index (χ3n) is 1.96. The van der Waals surface area contributed by atoms with Crippen molar-refractivity contribution in [3.63, 3.8) is 0 Å². The molecule has 2 aromatic carbocycles. The van der Waals surface area contributed by atoms with Gasteiger partial charge in [0, 0.05) is 0 Å². The maximum absolute atomic E-state index is 10.9. The number of hydrogen-bond donors (Lipinski definition) is 2. The molecule has 0 saturated carbocycles. The summed E-state index contributed by atoms with van der Waals surface area (Å²) >= 11 is 0. The van der Waals surface area contributed by atoms with Crippen molar-refractivity contribution in [1.82, 2.24) is 0 Å². The molecule has 5 heteroatoms. The number of carboxylic acids is 1. The molecule has 2 aromatic rings. The highest BCUT2D eigenvalue weighted by Gasteiger charge is 2.09. The lowest BCUT2D eigenvalue weighted by Crippen LogP contribution is -1.95. The van der Waals surface area contributed by atoms with Gasteiger partial charge in [-0.15, -0.1) is 0 Å². The Morgan fingerprint density at radius 2 is 1.78 bits per heavy atom. The third-order valence-corrected chi connectivity index (χ3v) is 1.96. The van der Waals surface area contributed by atoms with E-state index in [1.54, 1.807) is 0 Å². The van der Waals surface area contributed by atoms with Crippen LogP contribution in [-0.4, -0.2) is 16.2 Å². The molecule has 0 spiro atoms. The van der Waals surface area contributed by atoms with Crippen LogP contribution in [0, 0.1) is 0 Å². The van der Waals surface area contributed by atoms with Crippen molar-refractivity contribution in [3.8, 4) is 5.75 Å². The molecule has 5 nitrogen and oxygen atoms in total. The molecule has 0 atom stereocenters. The Morgan fingerprint density at radius 1 is 1.11 bits per heavy atom. The Hall–Kier alpha value is -2.69. The third kappa shape index (κ3) is 2.70. The van der Waals surface area contributed by atoms with Crippen LogP contribution in [0.3, 0.4) is 0 Å². The number of aromatic hydroxyl groups is 1. The summed E-state index contributed by atoms with van der Waals surface area (Å²) in [5.41, 5.74) is -0.699. The Kier molecular flexibility index (Phi) is 1.95. The van der Waals surface area contributed by atoms with E-state index in [2.05, 4.69) is 10.2 Å². The minimum absolute atomic E-state index is 0.0482. The summed E-state index contributed by atoms with van der Waals surface area (Å²) in [5.74, 6) is -1.80. The Labute approximate surface area is 110 Å². The second-order valence-electron chi connectivity index (χ2n) is 3.18. The second kappa shape index (κ2) is 5.09. The molecule has 0 saturated heterocycles. The van der Waals surface area contributed by atoms with Crippen molar-refractivity contribution >= 4 is 17.3 Å². The number of carbonyl (C=O) groups is 1. The lowest BCUT2D eigenvalue weighted by atomic mass is 10.2. The Bertz CT molecular complexity index is 810. The monoisotopic (exact) mass is 247 g/mol. The highest BCUT2D eigenvalue weighted by molar-refractivity contribution is 5.91. The molecule has 18 heavy (non-hydrogen) atoms. The summed E-state index contributed by atoms with van der Waals surface area (Å²) in [6.07, 6.45) is 0. The van der Waals surface area contributed by atoms with Gasteiger partial charge in [-0.1, -0.05) is 18.1 Å². The van der Waals surface area contributed by atoms with Crippen LogP contribution in [0.5, 0.6) is 5.75 Å². The van der Waals surface area contributed by atoms with Crippen molar-refractivity contribution in [2.75, 3.05) is 0 Å². The van der Waals surface area contributed by atoms with Gasteiger partial charge in [-0.25, -0.2) is 4.79 Å². The van der Waals surface area contributed by atoms with Crippen LogP contribution in [0.4, 0.5) is 11.4 Å². The van der Waals surface area contributed by atoms with Crippen molar-refractivity contribution in [1.29, 1.82) is 0 Å². The molecule has 0 fully saturated rings. The van der Waals surface area contributed by atoms with E-state index in [4.69, 9.17) is 12.0 Å². The molecule has 2 rings (SSSR count). The minimum atomic E-state index is -1.36.